The molecule has 1 atom stereocenters. The smallest absolute Gasteiger partial charge is 0.121 e. The van der Waals surface area contributed by atoms with Crippen molar-refractivity contribution in [3.05, 3.63) is 63.1 Å². The van der Waals surface area contributed by atoms with Gasteiger partial charge in [-0.3, -0.25) is 0 Å². The molecule has 32 heavy (non-hydrogen) atoms. The zero-order valence-corrected chi connectivity index (χ0v) is 19.7. The molecule has 0 heterocycles. The Hall–Kier alpha value is -1.38. The van der Waals surface area contributed by atoms with E-state index in [0.717, 1.165) is 37.8 Å². The van der Waals surface area contributed by atoms with E-state index in [1.54, 1.807) is 24.3 Å². The normalized spacial score (nSPS) is 12.2. The first-order chi connectivity index (χ1) is 15.5. The first-order valence-electron chi connectivity index (χ1n) is 10.9. The topological polar surface area (TPSA) is 91.2 Å². The second-order valence-electron chi connectivity index (χ2n) is 7.58. The van der Waals surface area contributed by atoms with Gasteiger partial charge in [-0.05, 0) is 54.8 Å². The first kappa shape index (κ1) is 26.9. The SMILES string of the molecule is OCc1cc(C(O)CNCCCCCCOCCOCc2ccc(Cl)cc2Cl)ccc1O. The quantitative estimate of drug-likeness (QED) is 0.259. The molecule has 2 aromatic carbocycles. The molecule has 6 nitrogen and oxygen atoms in total. The summed E-state index contributed by atoms with van der Waals surface area (Å²) < 4.78 is 11.2. The van der Waals surface area contributed by atoms with Crippen molar-refractivity contribution in [2.75, 3.05) is 32.9 Å². The Balaban J connectivity index is 1.41. The number of hydrogen-bond donors (Lipinski definition) is 4. The highest BCUT2D eigenvalue weighted by molar-refractivity contribution is 6.35. The van der Waals surface area contributed by atoms with E-state index in [2.05, 4.69) is 5.32 Å². The molecule has 8 heteroatoms. The van der Waals surface area contributed by atoms with E-state index in [1.165, 1.54) is 6.07 Å². The molecule has 0 amide bonds. The third kappa shape index (κ3) is 10.0. The van der Waals surface area contributed by atoms with Crippen LogP contribution in [0.4, 0.5) is 0 Å². The molecule has 0 radical (unpaired) electrons. The molecule has 178 valence electrons. The lowest BCUT2D eigenvalue weighted by Gasteiger charge is -2.14. The number of ether oxygens (including phenoxy) is 2. The second kappa shape index (κ2) is 15.5. The van der Waals surface area contributed by atoms with Gasteiger partial charge in [-0.15, -0.1) is 0 Å². The van der Waals surface area contributed by atoms with E-state index in [0.29, 0.717) is 54.1 Å². The van der Waals surface area contributed by atoms with E-state index in [1.807, 2.05) is 6.07 Å². The Morgan fingerprint density at radius 1 is 0.875 bits per heavy atom. The van der Waals surface area contributed by atoms with E-state index in [4.69, 9.17) is 32.7 Å². The van der Waals surface area contributed by atoms with Crippen molar-refractivity contribution in [3.8, 4) is 5.75 Å². The number of phenols is 1. The van der Waals surface area contributed by atoms with Crippen molar-refractivity contribution in [1.29, 1.82) is 0 Å². The van der Waals surface area contributed by atoms with Crippen LogP contribution >= 0.6 is 23.2 Å². The number of hydrogen-bond acceptors (Lipinski definition) is 6. The van der Waals surface area contributed by atoms with E-state index < -0.39 is 6.10 Å². The number of nitrogens with one attached hydrogen (secondary N) is 1. The van der Waals surface area contributed by atoms with E-state index in [-0.39, 0.29) is 12.4 Å². The van der Waals surface area contributed by atoms with Crippen molar-refractivity contribution in [2.45, 2.75) is 45.0 Å². The lowest BCUT2D eigenvalue weighted by Crippen LogP contribution is -2.22. The van der Waals surface area contributed by atoms with Gasteiger partial charge in [0.2, 0.25) is 0 Å². The van der Waals surface area contributed by atoms with Gasteiger partial charge in [0.25, 0.3) is 0 Å². The van der Waals surface area contributed by atoms with Crippen LogP contribution in [0, 0.1) is 0 Å². The summed E-state index contributed by atoms with van der Waals surface area (Å²) in [5, 5.41) is 33.5. The highest BCUT2D eigenvalue weighted by Crippen LogP contribution is 2.22. The predicted octanol–water partition coefficient (Wildman–Crippen LogP) is 4.61. The molecule has 0 aromatic heterocycles. The van der Waals surface area contributed by atoms with Gasteiger partial charge in [-0.25, -0.2) is 0 Å². The minimum absolute atomic E-state index is 0.0377. The van der Waals surface area contributed by atoms with Crippen LogP contribution in [-0.2, 0) is 22.7 Å². The van der Waals surface area contributed by atoms with E-state index in [9.17, 15) is 15.3 Å². The molecule has 2 rings (SSSR count). The molecule has 4 N–H and O–H groups in total. The van der Waals surface area contributed by atoms with Crippen molar-refractivity contribution < 1.29 is 24.8 Å². The molecule has 0 aliphatic carbocycles. The maximum atomic E-state index is 10.2. The summed E-state index contributed by atoms with van der Waals surface area (Å²) >= 11 is 12.0. The summed E-state index contributed by atoms with van der Waals surface area (Å²) in [4.78, 5) is 0. The van der Waals surface area contributed by atoms with Gasteiger partial charge in [0.15, 0.2) is 0 Å². The van der Waals surface area contributed by atoms with Crippen molar-refractivity contribution in [3.63, 3.8) is 0 Å². The Morgan fingerprint density at radius 3 is 2.44 bits per heavy atom. The molecule has 0 aliphatic heterocycles. The standard InChI is InChI=1S/C24H33Cl2NO5/c25-21-7-5-19(22(26)14-21)17-32-12-11-31-10-4-2-1-3-9-27-15-24(30)18-6-8-23(29)20(13-18)16-28/h5-8,13-14,24,27-30H,1-4,9-12,15-17H2. The maximum absolute atomic E-state index is 10.2. The van der Waals surface area contributed by atoms with Gasteiger partial charge >= 0.3 is 0 Å². The first-order valence-corrected chi connectivity index (χ1v) is 11.7. The van der Waals surface area contributed by atoms with Crippen LogP contribution in [0.1, 0.15) is 48.5 Å². The van der Waals surface area contributed by atoms with Gasteiger partial charge in [0.05, 0.1) is 32.5 Å². The van der Waals surface area contributed by atoms with Gasteiger partial charge in [0.1, 0.15) is 5.75 Å². The van der Waals surface area contributed by atoms with Crippen LogP contribution in [-0.4, -0.2) is 48.2 Å². The largest absolute Gasteiger partial charge is 0.508 e. The highest BCUT2D eigenvalue weighted by Gasteiger charge is 2.09. The Bertz CT molecular complexity index is 806. The lowest BCUT2D eigenvalue weighted by molar-refractivity contribution is 0.0393. The zero-order chi connectivity index (χ0) is 23.2. The Kier molecular flexibility index (Phi) is 13.0. The molecule has 0 saturated heterocycles. The summed E-state index contributed by atoms with van der Waals surface area (Å²) in [7, 11) is 0. The second-order valence-corrected chi connectivity index (χ2v) is 8.42. The fraction of sp³-hybridized carbons (Fsp3) is 0.500. The van der Waals surface area contributed by atoms with E-state index >= 15 is 0 Å². The summed E-state index contributed by atoms with van der Waals surface area (Å²) in [6, 6.07) is 10.1. The molecule has 0 aliphatic rings. The Morgan fingerprint density at radius 2 is 1.66 bits per heavy atom. The van der Waals surface area contributed by atoms with Crippen LogP contribution in [0.25, 0.3) is 0 Å². The fourth-order valence-corrected chi connectivity index (χ4v) is 3.61. The van der Waals surface area contributed by atoms with Crippen molar-refractivity contribution in [2.24, 2.45) is 0 Å². The third-order valence-corrected chi connectivity index (χ3v) is 5.62. The van der Waals surface area contributed by atoms with Crippen molar-refractivity contribution >= 4 is 23.2 Å². The molecule has 0 saturated carbocycles. The summed E-state index contributed by atoms with van der Waals surface area (Å²) in [5.74, 6) is 0.0377. The van der Waals surface area contributed by atoms with Crippen LogP contribution in [0.3, 0.4) is 0 Å². The molecule has 2 aromatic rings. The molecular formula is C24H33Cl2NO5. The molecule has 0 spiro atoms. The minimum atomic E-state index is -0.674. The summed E-state index contributed by atoms with van der Waals surface area (Å²) in [6.07, 6.45) is 3.53. The van der Waals surface area contributed by atoms with Crippen molar-refractivity contribution in [1.82, 2.24) is 5.32 Å². The maximum Gasteiger partial charge on any atom is 0.121 e. The van der Waals surface area contributed by atoms with Gasteiger partial charge < -0.3 is 30.1 Å². The summed E-state index contributed by atoms with van der Waals surface area (Å²) in [5.41, 5.74) is 2.01. The van der Waals surface area contributed by atoms with Gasteiger partial charge in [-0.1, -0.05) is 48.2 Å². The minimum Gasteiger partial charge on any atom is -0.508 e. The average Bonchev–Trinajstić information content (AvgIpc) is 2.78. The van der Waals surface area contributed by atoms with Crippen LogP contribution in [0.15, 0.2) is 36.4 Å². The number of halogens is 2. The van der Waals surface area contributed by atoms with Crippen LogP contribution < -0.4 is 5.32 Å². The Labute approximate surface area is 200 Å². The highest BCUT2D eigenvalue weighted by atomic mass is 35.5. The fourth-order valence-electron chi connectivity index (χ4n) is 3.14. The molecule has 1 unspecified atom stereocenters. The van der Waals surface area contributed by atoms with Gasteiger partial charge in [-0.2, -0.15) is 0 Å². The number of unbranched alkanes of at least 4 members (excludes halogenated alkanes) is 3. The number of rotatable bonds is 16. The third-order valence-electron chi connectivity index (χ3n) is 5.03. The van der Waals surface area contributed by atoms with Gasteiger partial charge in [0, 0.05) is 28.8 Å². The number of benzene rings is 2. The molecule has 0 bridgehead atoms. The zero-order valence-electron chi connectivity index (χ0n) is 18.2. The molecular weight excluding hydrogens is 453 g/mol. The number of aliphatic hydroxyl groups excluding tert-OH is 2. The number of aliphatic hydroxyl groups is 2. The van der Waals surface area contributed by atoms with Crippen LogP contribution in [0.2, 0.25) is 10.0 Å². The monoisotopic (exact) mass is 485 g/mol. The average molecular weight is 486 g/mol. The summed E-state index contributed by atoms with van der Waals surface area (Å²) in [6.45, 7) is 3.23. The number of aromatic hydroxyl groups is 1. The lowest BCUT2D eigenvalue weighted by atomic mass is 10.1. The van der Waals surface area contributed by atoms with Crippen LogP contribution in [0.5, 0.6) is 5.75 Å². The molecule has 0 fully saturated rings. The predicted molar refractivity (Wildman–Crippen MR) is 127 cm³/mol.